The summed E-state index contributed by atoms with van der Waals surface area (Å²) in [7, 11) is 0. The third-order valence-electron chi connectivity index (χ3n) is 3.82. The Hall–Kier alpha value is -1.02. The van der Waals surface area contributed by atoms with Gasteiger partial charge in [-0.1, -0.05) is 37.3 Å². The molecule has 3 heteroatoms. The van der Waals surface area contributed by atoms with Gasteiger partial charge in [0, 0.05) is 11.8 Å². The molecule has 0 bridgehead atoms. The molecule has 2 nitrogen and oxygen atoms in total. The lowest BCUT2D eigenvalue weighted by Gasteiger charge is -2.30. The zero-order chi connectivity index (χ0) is 13.2. The van der Waals surface area contributed by atoms with E-state index in [4.69, 9.17) is 11.6 Å². The van der Waals surface area contributed by atoms with Gasteiger partial charge in [-0.2, -0.15) is 0 Å². The highest BCUT2D eigenvalue weighted by Crippen LogP contribution is 2.37. The van der Waals surface area contributed by atoms with Crippen molar-refractivity contribution in [3.8, 4) is 0 Å². The van der Waals surface area contributed by atoms with Gasteiger partial charge in [-0.05, 0) is 31.2 Å². The van der Waals surface area contributed by atoms with Crippen molar-refractivity contribution < 1.29 is 4.79 Å². The molecule has 1 aliphatic carbocycles. The molecule has 18 heavy (non-hydrogen) atoms. The van der Waals surface area contributed by atoms with Crippen LogP contribution in [0, 0.1) is 11.8 Å². The van der Waals surface area contributed by atoms with E-state index in [2.05, 4.69) is 5.32 Å². The Balaban J connectivity index is 2.10. The predicted octanol–water partition coefficient (Wildman–Crippen LogP) is 3.30. The summed E-state index contributed by atoms with van der Waals surface area (Å²) in [5, 5.41) is 3.11. The molecular formula is C15H20ClNO. The van der Waals surface area contributed by atoms with E-state index in [-0.39, 0.29) is 11.8 Å². The number of hydrogen-bond donors (Lipinski definition) is 1. The summed E-state index contributed by atoms with van der Waals surface area (Å²) in [5.74, 6) is 1.15. The molecule has 1 amide bonds. The zero-order valence-corrected chi connectivity index (χ0v) is 11.7. The summed E-state index contributed by atoms with van der Waals surface area (Å²) in [6, 6.07) is 9.91. The normalized spacial score (nSPS) is 19.9. The van der Waals surface area contributed by atoms with Crippen LogP contribution in [0.25, 0.3) is 0 Å². The van der Waals surface area contributed by atoms with Gasteiger partial charge in [0.05, 0.1) is 5.54 Å². The third kappa shape index (κ3) is 2.86. The number of rotatable bonds is 5. The minimum atomic E-state index is -0.483. The van der Waals surface area contributed by atoms with Gasteiger partial charge in [-0.15, -0.1) is 11.6 Å². The fraction of sp³-hybridized carbons (Fsp3) is 0.533. The van der Waals surface area contributed by atoms with E-state index < -0.39 is 5.54 Å². The molecule has 2 rings (SSSR count). The van der Waals surface area contributed by atoms with E-state index in [0.717, 1.165) is 5.56 Å². The van der Waals surface area contributed by atoms with Gasteiger partial charge in [0.2, 0.25) is 5.91 Å². The van der Waals surface area contributed by atoms with Gasteiger partial charge in [-0.25, -0.2) is 0 Å². The maximum atomic E-state index is 12.2. The van der Waals surface area contributed by atoms with Gasteiger partial charge >= 0.3 is 0 Å². The number of alkyl halides is 1. The van der Waals surface area contributed by atoms with Gasteiger partial charge in [-0.3, -0.25) is 4.79 Å². The van der Waals surface area contributed by atoms with E-state index >= 15 is 0 Å². The fourth-order valence-corrected chi connectivity index (χ4v) is 2.41. The number of nitrogens with one attached hydrogen (secondary N) is 1. The molecular weight excluding hydrogens is 246 g/mol. The molecule has 0 aliphatic heterocycles. The van der Waals surface area contributed by atoms with Crippen molar-refractivity contribution in [2.45, 2.75) is 32.2 Å². The van der Waals surface area contributed by atoms with Crippen LogP contribution in [0.4, 0.5) is 0 Å². The average molecular weight is 266 g/mol. The molecule has 1 aromatic rings. The minimum absolute atomic E-state index is 0.0938. The second-order valence-corrected chi connectivity index (χ2v) is 5.71. The standard InChI is InChI=1S/C15H20ClNO/c1-11(12-8-9-12)14(18)17-15(2,10-16)13-6-4-3-5-7-13/h3-7,11-12H,8-10H2,1-2H3,(H,17,18). The molecule has 1 N–H and O–H groups in total. The molecule has 2 unspecified atom stereocenters. The first kappa shape index (κ1) is 13.4. The number of carbonyl (C=O) groups is 1. The van der Waals surface area contributed by atoms with Gasteiger partial charge in [0.25, 0.3) is 0 Å². The van der Waals surface area contributed by atoms with Crippen LogP contribution < -0.4 is 5.32 Å². The Kier molecular flexibility index (Phi) is 3.96. The monoisotopic (exact) mass is 265 g/mol. The first-order valence-electron chi connectivity index (χ1n) is 6.50. The Morgan fingerprint density at radius 3 is 2.56 bits per heavy atom. The SMILES string of the molecule is CC(C(=O)NC(C)(CCl)c1ccccc1)C1CC1. The largest absolute Gasteiger partial charge is 0.345 e. The first-order valence-corrected chi connectivity index (χ1v) is 7.04. The lowest BCUT2D eigenvalue weighted by Crippen LogP contribution is -2.47. The molecule has 0 heterocycles. The summed E-state index contributed by atoms with van der Waals surface area (Å²) >= 11 is 6.07. The smallest absolute Gasteiger partial charge is 0.223 e. The predicted molar refractivity (Wildman–Crippen MR) is 74.5 cm³/mol. The Morgan fingerprint density at radius 1 is 1.44 bits per heavy atom. The van der Waals surface area contributed by atoms with Crippen molar-refractivity contribution in [3.05, 3.63) is 35.9 Å². The minimum Gasteiger partial charge on any atom is -0.345 e. The maximum Gasteiger partial charge on any atom is 0.223 e. The second-order valence-electron chi connectivity index (χ2n) is 5.45. The van der Waals surface area contributed by atoms with E-state index in [1.807, 2.05) is 44.2 Å². The molecule has 1 fully saturated rings. The molecule has 0 spiro atoms. The second kappa shape index (κ2) is 5.31. The highest BCUT2D eigenvalue weighted by Gasteiger charge is 2.36. The quantitative estimate of drug-likeness (QED) is 0.813. The summed E-state index contributed by atoms with van der Waals surface area (Å²) in [4.78, 5) is 12.2. The number of benzene rings is 1. The summed E-state index contributed by atoms with van der Waals surface area (Å²) in [6.45, 7) is 3.99. The van der Waals surface area contributed by atoms with Crippen LogP contribution >= 0.6 is 11.6 Å². The Labute approximate surface area is 114 Å². The molecule has 98 valence electrons. The topological polar surface area (TPSA) is 29.1 Å². The van der Waals surface area contributed by atoms with E-state index in [1.165, 1.54) is 12.8 Å². The molecule has 2 atom stereocenters. The van der Waals surface area contributed by atoms with Crippen molar-refractivity contribution in [1.29, 1.82) is 0 Å². The van der Waals surface area contributed by atoms with Crippen molar-refractivity contribution in [2.24, 2.45) is 11.8 Å². The molecule has 0 radical (unpaired) electrons. The molecule has 1 aliphatic rings. The molecule has 0 saturated heterocycles. The first-order chi connectivity index (χ1) is 8.57. The van der Waals surface area contributed by atoms with Crippen molar-refractivity contribution in [2.75, 3.05) is 5.88 Å². The van der Waals surface area contributed by atoms with E-state index in [9.17, 15) is 4.79 Å². The van der Waals surface area contributed by atoms with E-state index in [0.29, 0.717) is 11.8 Å². The zero-order valence-electron chi connectivity index (χ0n) is 10.9. The van der Waals surface area contributed by atoms with Crippen LogP contribution in [-0.2, 0) is 10.3 Å². The van der Waals surface area contributed by atoms with Crippen LogP contribution in [0.3, 0.4) is 0 Å². The van der Waals surface area contributed by atoms with Crippen molar-refractivity contribution >= 4 is 17.5 Å². The molecule has 1 saturated carbocycles. The highest BCUT2D eigenvalue weighted by atomic mass is 35.5. The average Bonchev–Trinajstić information content (AvgIpc) is 3.23. The number of carbonyl (C=O) groups excluding carboxylic acids is 1. The van der Waals surface area contributed by atoms with Crippen molar-refractivity contribution in [1.82, 2.24) is 5.32 Å². The van der Waals surface area contributed by atoms with Crippen LogP contribution in [0.2, 0.25) is 0 Å². The Morgan fingerprint density at radius 2 is 2.06 bits per heavy atom. The number of hydrogen-bond acceptors (Lipinski definition) is 1. The molecule has 0 aromatic heterocycles. The van der Waals surface area contributed by atoms with Crippen molar-refractivity contribution in [3.63, 3.8) is 0 Å². The summed E-state index contributed by atoms with van der Waals surface area (Å²) < 4.78 is 0. The van der Waals surface area contributed by atoms with E-state index in [1.54, 1.807) is 0 Å². The van der Waals surface area contributed by atoms with Gasteiger partial charge < -0.3 is 5.32 Å². The summed E-state index contributed by atoms with van der Waals surface area (Å²) in [6.07, 6.45) is 2.36. The fourth-order valence-electron chi connectivity index (χ4n) is 2.18. The lowest BCUT2D eigenvalue weighted by molar-refractivity contribution is -0.126. The number of halogens is 1. The Bertz CT molecular complexity index is 416. The van der Waals surface area contributed by atoms with Gasteiger partial charge in [0.15, 0.2) is 0 Å². The van der Waals surface area contributed by atoms with Gasteiger partial charge in [0.1, 0.15) is 0 Å². The lowest BCUT2D eigenvalue weighted by atomic mass is 9.92. The highest BCUT2D eigenvalue weighted by molar-refractivity contribution is 6.18. The van der Waals surface area contributed by atoms with Crippen LogP contribution in [0.5, 0.6) is 0 Å². The van der Waals surface area contributed by atoms with Crippen LogP contribution in [0.15, 0.2) is 30.3 Å². The van der Waals surface area contributed by atoms with Crippen LogP contribution in [-0.4, -0.2) is 11.8 Å². The summed E-state index contributed by atoms with van der Waals surface area (Å²) in [5.41, 5.74) is 0.569. The number of amides is 1. The maximum absolute atomic E-state index is 12.2. The van der Waals surface area contributed by atoms with Crippen LogP contribution in [0.1, 0.15) is 32.3 Å². The molecule has 1 aromatic carbocycles. The third-order valence-corrected chi connectivity index (χ3v) is 4.35.